The molecule has 8 heteroatoms. The zero-order valence-electron chi connectivity index (χ0n) is 13.4. The molecule has 2 heterocycles. The van der Waals surface area contributed by atoms with Gasteiger partial charge in [0.05, 0.1) is 18.0 Å². The highest BCUT2D eigenvalue weighted by molar-refractivity contribution is 7.99. The van der Waals surface area contributed by atoms with Gasteiger partial charge in [0.1, 0.15) is 0 Å². The van der Waals surface area contributed by atoms with E-state index in [9.17, 15) is 9.59 Å². The van der Waals surface area contributed by atoms with Crippen LogP contribution in [0.5, 0.6) is 0 Å². The molecule has 7 nitrogen and oxygen atoms in total. The number of carbonyl (C=O) groups excluding carboxylic acids is 1. The van der Waals surface area contributed by atoms with Gasteiger partial charge in [-0.15, -0.1) is 5.10 Å². The standard InChI is InChI=1S/C16H19N5O2S/c1-2-9-20-15(23)17-18-16(20)24-11-14(22)21-10-8-13(19-21)12-6-4-3-5-7-12/h3-7H,2,8-11H2,1H3,(H,17,23). The Balaban J connectivity index is 1.62. The van der Waals surface area contributed by atoms with Gasteiger partial charge < -0.3 is 0 Å². The molecule has 24 heavy (non-hydrogen) atoms. The van der Waals surface area contributed by atoms with Gasteiger partial charge in [-0.3, -0.25) is 9.36 Å². The van der Waals surface area contributed by atoms with Crippen molar-refractivity contribution in [2.45, 2.75) is 31.5 Å². The van der Waals surface area contributed by atoms with Crippen molar-refractivity contribution in [2.75, 3.05) is 12.3 Å². The molecule has 0 saturated carbocycles. The van der Waals surface area contributed by atoms with Crippen molar-refractivity contribution in [3.63, 3.8) is 0 Å². The normalized spacial score (nSPS) is 14.0. The topological polar surface area (TPSA) is 83.3 Å². The number of hydrazone groups is 1. The third kappa shape index (κ3) is 3.59. The molecule has 0 fully saturated rings. The van der Waals surface area contributed by atoms with Gasteiger partial charge in [0.25, 0.3) is 5.91 Å². The molecule has 0 radical (unpaired) electrons. The van der Waals surface area contributed by atoms with Crippen LogP contribution in [0.1, 0.15) is 25.3 Å². The summed E-state index contributed by atoms with van der Waals surface area (Å²) in [6, 6.07) is 9.87. The number of H-pyrrole nitrogens is 1. The molecule has 126 valence electrons. The fourth-order valence-electron chi connectivity index (χ4n) is 2.51. The molecule has 0 unspecified atom stereocenters. The van der Waals surface area contributed by atoms with Gasteiger partial charge in [-0.25, -0.2) is 14.9 Å². The molecule has 0 atom stereocenters. The summed E-state index contributed by atoms with van der Waals surface area (Å²) in [6.07, 6.45) is 1.58. The molecule has 2 aromatic rings. The van der Waals surface area contributed by atoms with Crippen LogP contribution in [0.3, 0.4) is 0 Å². The van der Waals surface area contributed by atoms with E-state index in [0.29, 0.717) is 18.2 Å². The minimum Gasteiger partial charge on any atom is -0.272 e. The van der Waals surface area contributed by atoms with Gasteiger partial charge in [-0.05, 0) is 12.0 Å². The van der Waals surface area contributed by atoms with Gasteiger partial charge in [0.2, 0.25) is 0 Å². The minimum absolute atomic E-state index is 0.0792. The molecule has 1 aliphatic rings. The Morgan fingerprint density at radius 2 is 2.12 bits per heavy atom. The number of rotatable bonds is 6. The van der Waals surface area contributed by atoms with Crippen LogP contribution in [0.15, 0.2) is 45.4 Å². The van der Waals surface area contributed by atoms with Crippen LogP contribution in [0.4, 0.5) is 0 Å². The number of aromatic amines is 1. The number of carbonyl (C=O) groups is 1. The maximum atomic E-state index is 12.3. The highest BCUT2D eigenvalue weighted by atomic mass is 32.2. The zero-order chi connectivity index (χ0) is 16.9. The van der Waals surface area contributed by atoms with Crippen LogP contribution in [0.25, 0.3) is 0 Å². The van der Waals surface area contributed by atoms with Gasteiger partial charge in [-0.1, -0.05) is 49.0 Å². The number of benzene rings is 1. The van der Waals surface area contributed by atoms with Gasteiger partial charge in [-0.2, -0.15) is 5.10 Å². The Morgan fingerprint density at radius 1 is 1.33 bits per heavy atom. The fourth-order valence-corrected chi connectivity index (χ4v) is 3.35. The molecule has 3 rings (SSSR count). The Labute approximate surface area is 143 Å². The van der Waals surface area contributed by atoms with Crippen LogP contribution in [-0.4, -0.2) is 43.7 Å². The Hall–Kier alpha value is -2.35. The number of nitrogens with zero attached hydrogens (tertiary/aromatic N) is 4. The van der Waals surface area contributed by atoms with Crippen LogP contribution in [-0.2, 0) is 11.3 Å². The third-order valence-electron chi connectivity index (χ3n) is 3.69. The lowest BCUT2D eigenvalue weighted by Gasteiger charge is -2.10. The van der Waals surface area contributed by atoms with E-state index in [1.165, 1.54) is 16.8 Å². The molecule has 1 N–H and O–H groups in total. The van der Waals surface area contributed by atoms with Crippen LogP contribution in [0.2, 0.25) is 0 Å². The molecule has 0 bridgehead atoms. The van der Waals surface area contributed by atoms with Crippen molar-refractivity contribution >= 4 is 23.4 Å². The van der Waals surface area contributed by atoms with Crippen molar-refractivity contribution in [1.82, 2.24) is 19.8 Å². The number of thioether (sulfide) groups is 1. The van der Waals surface area contributed by atoms with E-state index >= 15 is 0 Å². The number of nitrogens with one attached hydrogen (secondary N) is 1. The lowest BCUT2D eigenvalue weighted by Crippen LogP contribution is -2.25. The predicted octanol–water partition coefficient (Wildman–Crippen LogP) is 1.71. The van der Waals surface area contributed by atoms with Crippen molar-refractivity contribution in [2.24, 2.45) is 5.10 Å². The molecular formula is C16H19N5O2S. The summed E-state index contributed by atoms with van der Waals surface area (Å²) in [4.78, 5) is 24.0. The summed E-state index contributed by atoms with van der Waals surface area (Å²) in [5.41, 5.74) is 1.73. The Morgan fingerprint density at radius 3 is 2.88 bits per heavy atom. The quantitative estimate of drug-likeness (QED) is 0.808. The predicted molar refractivity (Wildman–Crippen MR) is 93.2 cm³/mol. The average Bonchev–Trinajstić information content (AvgIpc) is 3.22. The summed E-state index contributed by atoms with van der Waals surface area (Å²) in [6.45, 7) is 3.17. The van der Waals surface area contributed by atoms with Gasteiger partial charge in [0.15, 0.2) is 5.16 Å². The highest BCUT2D eigenvalue weighted by Gasteiger charge is 2.22. The summed E-state index contributed by atoms with van der Waals surface area (Å²) in [5.74, 6) is 0.129. The van der Waals surface area contributed by atoms with Gasteiger partial charge >= 0.3 is 5.69 Å². The summed E-state index contributed by atoms with van der Waals surface area (Å²) >= 11 is 1.26. The van der Waals surface area contributed by atoms with Crippen LogP contribution >= 0.6 is 11.8 Å². The molecule has 1 aromatic carbocycles. The van der Waals surface area contributed by atoms with E-state index < -0.39 is 0 Å². The number of amides is 1. The van der Waals surface area contributed by atoms with E-state index in [0.717, 1.165) is 24.1 Å². The Bertz CT molecular complexity index is 796. The zero-order valence-corrected chi connectivity index (χ0v) is 14.3. The number of hydrogen-bond donors (Lipinski definition) is 1. The third-order valence-corrected chi connectivity index (χ3v) is 4.65. The van der Waals surface area contributed by atoms with E-state index in [2.05, 4.69) is 15.3 Å². The SMILES string of the molecule is CCCn1c(SCC(=O)N2CCC(c3ccccc3)=N2)n[nH]c1=O. The molecule has 1 amide bonds. The second-order valence-electron chi connectivity index (χ2n) is 5.43. The molecule has 0 saturated heterocycles. The lowest BCUT2D eigenvalue weighted by molar-refractivity contribution is -0.127. The first-order chi connectivity index (χ1) is 11.7. The summed E-state index contributed by atoms with van der Waals surface area (Å²) in [5, 5.41) is 12.9. The first kappa shape index (κ1) is 16.5. The summed E-state index contributed by atoms with van der Waals surface area (Å²) in [7, 11) is 0. The van der Waals surface area contributed by atoms with Gasteiger partial charge in [0, 0.05) is 13.0 Å². The minimum atomic E-state index is -0.239. The monoisotopic (exact) mass is 345 g/mol. The van der Waals surface area contributed by atoms with E-state index in [4.69, 9.17) is 0 Å². The van der Waals surface area contributed by atoms with E-state index in [1.807, 2.05) is 37.3 Å². The molecular weight excluding hydrogens is 326 g/mol. The first-order valence-electron chi connectivity index (χ1n) is 7.90. The maximum absolute atomic E-state index is 12.3. The van der Waals surface area contributed by atoms with Crippen LogP contribution < -0.4 is 5.69 Å². The van der Waals surface area contributed by atoms with E-state index in [-0.39, 0.29) is 17.3 Å². The van der Waals surface area contributed by atoms with Crippen molar-refractivity contribution < 1.29 is 4.79 Å². The largest absolute Gasteiger partial charge is 0.343 e. The first-order valence-corrected chi connectivity index (χ1v) is 8.89. The van der Waals surface area contributed by atoms with Crippen molar-refractivity contribution in [1.29, 1.82) is 0 Å². The molecule has 0 aliphatic carbocycles. The Kier molecular flexibility index (Phi) is 5.14. The average molecular weight is 345 g/mol. The number of aromatic nitrogens is 3. The lowest BCUT2D eigenvalue weighted by atomic mass is 10.1. The number of hydrogen-bond acceptors (Lipinski definition) is 5. The second kappa shape index (κ2) is 7.48. The molecule has 1 aliphatic heterocycles. The van der Waals surface area contributed by atoms with E-state index in [1.54, 1.807) is 4.57 Å². The van der Waals surface area contributed by atoms with Crippen molar-refractivity contribution in [3.8, 4) is 0 Å². The summed E-state index contributed by atoms with van der Waals surface area (Å²) < 4.78 is 1.56. The van der Waals surface area contributed by atoms with Crippen molar-refractivity contribution in [3.05, 3.63) is 46.4 Å². The van der Waals surface area contributed by atoms with Crippen LogP contribution in [0, 0.1) is 0 Å². The smallest absolute Gasteiger partial charge is 0.272 e. The molecule has 0 spiro atoms. The highest BCUT2D eigenvalue weighted by Crippen LogP contribution is 2.18. The fraction of sp³-hybridized carbons (Fsp3) is 0.375. The second-order valence-corrected chi connectivity index (χ2v) is 6.37. The maximum Gasteiger partial charge on any atom is 0.343 e. The molecule has 1 aromatic heterocycles.